The number of carbonyl (C=O) groups is 2. The largest absolute Gasteiger partial charge is 0.488 e. The molecule has 0 saturated carbocycles. The zero-order valence-electron chi connectivity index (χ0n) is 19.7. The molecular formula is C26H29BN2O6. The first-order chi connectivity index (χ1) is 16.8. The molecule has 3 rings (SSSR count). The van der Waals surface area contributed by atoms with Crippen LogP contribution in [0.3, 0.4) is 0 Å². The summed E-state index contributed by atoms with van der Waals surface area (Å²) in [6, 6.07) is 21.3. The molecule has 0 aliphatic rings. The molecule has 0 aromatic heterocycles. The van der Waals surface area contributed by atoms with Gasteiger partial charge < -0.3 is 24.8 Å². The van der Waals surface area contributed by atoms with Gasteiger partial charge in [-0.15, -0.1) is 0 Å². The Morgan fingerprint density at radius 2 is 1.71 bits per heavy atom. The van der Waals surface area contributed by atoms with Gasteiger partial charge in [-0.2, -0.15) is 0 Å². The van der Waals surface area contributed by atoms with E-state index in [4.69, 9.17) is 9.47 Å². The Balaban J connectivity index is 1.45. The molecule has 2 amide bonds. The number of benzene rings is 3. The van der Waals surface area contributed by atoms with Gasteiger partial charge >= 0.3 is 19.3 Å². The van der Waals surface area contributed by atoms with E-state index in [0.717, 1.165) is 22.3 Å². The average molecular weight is 476 g/mol. The van der Waals surface area contributed by atoms with E-state index in [2.05, 4.69) is 10.6 Å². The smallest absolute Gasteiger partial charge is 0.449 e. The van der Waals surface area contributed by atoms with Crippen LogP contribution in [0.15, 0.2) is 72.8 Å². The number of hydrogen-bond donors (Lipinski definition) is 4. The maximum absolute atomic E-state index is 12.2. The van der Waals surface area contributed by atoms with E-state index in [1.165, 1.54) is 0 Å². The summed E-state index contributed by atoms with van der Waals surface area (Å²) in [7, 11) is -1.52. The van der Waals surface area contributed by atoms with Crippen LogP contribution in [0.5, 0.6) is 0 Å². The van der Waals surface area contributed by atoms with Crippen molar-refractivity contribution in [2.75, 3.05) is 11.9 Å². The molecule has 0 fully saturated rings. The number of aryl methyl sites for hydroxylation is 1. The fourth-order valence-corrected chi connectivity index (χ4v) is 3.48. The van der Waals surface area contributed by atoms with E-state index in [1.54, 1.807) is 36.4 Å². The molecule has 9 heteroatoms. The van der Waals surface area contributed by atoms with Gasteiger partial charge in [-0.3, -0.25) is 5.32 Å². The molecule has 0 aliphatic carbocycles. The highest BCUT2D eigenvalue weighted by atomic mass is 16.6. The number of hydrogen-bond acceptors (Lipinski definition) is 6. The summed E-state index contributed by atoms with van der Waals surface area (Å²) in [6.07, 6.45) is -0.631. The molecule has 8 nitrogen and oxygen atoms in total. The zero-order chi connectivity index (χ0) is 25.2. The lowest BCUT2D eigenvalue weighted by Crippen LogP contribution is -2.30. The molecule has 35 heavy (non-hydrogen) atoms. The first-order valence-corrected chi connectivity index (χ1v) is 11.3. The summed E-state index contributed by atoms with van der Waals surface area (Å²) >= 11 is 0. The van der Waals surface area contributed by atoms with Gasteiger partial charge in [0.2, 0.25) is 0 Å². The van der Waals surface area contributed by atoms with Gasteiger partial charge in [-0.05, 0) is 53.7 Å². The van der Waals surface area contributed by atoms with Gasteiger partial charge in [-0.1, -0.05) is 60.7 Å². The third kappa shape index (κ3) is 8.17. The van der Waals surface area contributed by atoms with E-state index in [9.17, 15) is 19.6 Å². The highest BCUT2D eigenvalue weighted by Gasteiger charge is 2.14. The fourth-order valence-electron chi connectivity index (χ4n) is 3.48. The number of rotatable bonds is 9. The molecule has 0 heterocycles. The second-order valence-electron chi connectivity index (χ2n) is 8.12. The van der Waals surface area contributed by atoms with Crippen LogP contribution in [-0.2, 0) is 22.5 Å². The first-order valence-electron chi connectivity index (χ1n) is 11.3. The van der Waals surface area contributed by atoms with Crippen LogP contribution in [0.4, 0.5) is 15.3 Å². The van der Waals surface area contributed by atoms with Gasteiger partial charge in [0.1, 0.15) is 6.61 Å². The van der Waals surface area contributed by atoms with E-state index >= 15 is 0 Å². The van der Waals surface area contributed by atoms with Gasteiger partial charge in [0, 0.05) is 12.1 Å². The summed E-state index contributed by atoms with van der Waals surface area (Å²) < 4.78 is 10.5. The lowest BCUT2D eigenvalue weighted by Gasteiger charge is -2.16. The van der Waals surface area contributed by atoms with Gasteiger partial charge in [0.05, 0.1) is 12.6 Å². The Labute approximate surface area is 205 Å². The van der Waals surface area contributed by atoms with Crippen molar-refractivity contribution in [2.24, 2.45) is 0 Å². The van der Waals surface area contributed by atoms with Crippen molar-refractivity contribution in [3.8, 4) is 0 Å². The maximum Gasteiger partial charge on any atom is 0.488 e. The second-order valence-corrected chi connectivity index (χ2v) is 8.12. The van der Waals surface area contributed by atoms with Crippen molar-refractivity contribution >= 4 is 30.5 Å². The third-order valence-electron chi connectivity index (χ3n) is 5.45. The molecular weight excluding hydrogens is 447 g/mol. The molecule has 0 spiro atoms. The van der Waals surface area contributed by atoms with Crippen molar-refractivity contribution in [3.05, 3.63) is 95.1 Å². The minimum Gasteiger partial charge on any atom is -0.449 e. The summed E-state index contributed by atoms with van der Waals surface area (Å²) in [5.41, 5.74) is 4.48. The van der Waals surface area contributed by atoms with E-state index in [-0.39, 0.29) is 19.3 Å². The molecule has 0 saturated heterocycles. The van der Waals surface area contributed by atoms with Crippen LogP contribution in [0.2, 0.25) is 0 Å². The Bertz CT molecular complexity index is 1140. The summed E-state index contributed by atoms with van der Waals surface area (Å²) in [4.78, 5) is 24.3. The highest BCUT2D eigenvalue weighted by molar-refractivity contribution is 6.58. The molecule has 1 unspecified atom stereocenters. The van der Waals surface area contributed by atoms with Crippen molar-refractivity contribution in [1.82, 2.24) is 5.32 Å². The minimum atomic E-state index is -1.52. The fraction of sp³-hybridized carbons (Fsp3) is 0.231. The van der Waals surface area contributed by atoms with Crippen LogP contribution in [0.1, 0.15) is 35.2 Å². The SMILES string of the molecule is Cc1cc(B(O)O)ccc1CCOC(=O)Nc1cccc(C(C)NC(=O)OCc2ccccc2)c1. The predicted octanol–water partition coefficient (Wildman–Crippen LogP) is 3.45. The minimum absolute atomic E-state index is 0.165. The average Bonchev–Trinajstić information content (AvgIpc) is 2.84. The zero-order valence-corrected chi connectivity index (χ0v) is 19.7. The molecule has 0 bridgehead atoms. The number of amides is 2. The molecule has 3 aromatic rings. The van der Waals surface area contributed by atoms with Crippen LogP contribution in [0, 0.1) is 6.92 Å². The number of anilines is 1. The predicted molar refractivity (Wildman–Crippen MR) is 134 cm³/mol. The lowest BCUT2D eigenvalue weighted by atomic mass is 9.79. The molecule has 1 atom stereocenters. The third-order valence-corrected chi connectivity index (χ3v) is 5.45. The number of alkyl carbamates (subject to hydrolysis) is 1. The summed E-state index contributed by atoms with van der Waals surface area (Å²) in [6.45, 7) is 4.03. The molecule has 0 aliphatic heterocycles. The summed E-state index contributed by atoms with van der Waals surface area (Å²) in [5.74, 6) is 0. The number of carbonyl (C=O) groups excluding carboxylic acids is 2. The van der Waals surface area contributed by atoms with Gasteiger partial charge in [0.15, 0.2) is 0 Å². The number of nitrogens with one attached hydrogen (secondary N) is 2. The molecule has 182 valence electrons. The second kappa shape index (κ2) is 12.6. The van der Waals surface area contributed by atoms with E-state index in [1.807, 2.05) is 50.2 Å². The molecule has 3 aromatic carbocycles. The maximum atomic E-state index is 12.2. The Kier molecular flexibility index (Phi) is 9.28. The highest BCUT2D eigenvalue weighted by Crippen LogP contribution is 2.18. The van der Waals surface area contributed by atoms with Crippen LogP contribution in [0.25, 0.3) is 0 Å². The first kappa shape index (κ1) is 25.8. The Morgan fingerprint density at radius 1 is 0.943 bits per heavy atom. The van der Waals surface area contributed by atoms with Crippen molar-refractivity contribution in [3.63, 3.8) is 0 Å². The van der Waals surface area contributed by atoms with E-state index in [0.29, 0.717) is 17.6 Å². The lowest BCUT2D eigenvalue weighted by molar-refractivity contribution is 0.136. The van der Waals surface area contributed by atoms with Crippen LogP contribution >= 0.6 is 0 Å². The van der Waals surface area contributed by atoms with Gasteiger partial charge in [0.25, 0.3) is 0 Å². The van der Waals surface area contributed by atoms with Crippen LogP contribution < -0.4 is 16.1 Å². The Hall–Kier alpha value is -3.82. The number of ether oxygens (including phenoxy) is 2. The van der Waals surface area contributed by atoms with Crippen molar-refractivity contribution in [2.45, 2.75) is 32.9 Å². The van der Waals surface area contributed by atoms with Crippen LogP contribution in [-0.4, -0.2) is 36.0 Å². The van der Waals surface area contributed by atoms with Gasteiger partial charge in [-0.25, -0.2) is 9.59 Å². The normalized spacial score (nSPS) is 11.3. The Morgan fingerprint density at radius 3 is 2.43 bits per heavy atom. The van der Waals surface area contributed by atoms with E-state index < -0.39 is 19.3 Å². The van der Waals surface area contributed by atoms with Crippen molar-refractivity contribution < 1.29 is 29.1 Å². The monoisotopic (exact) mass is 476 g/mol. The standard InChI is InChI=1S/C26H29BN2O6/c1-18-15-23(27(32)33)12-11-21(18)13-14-34-26(31)29-24-10-6-9-22(16-24)19(2)28-25(30)35-17-20-7-4-3-5-8-20/h3-12,15-16,19,32-33H,13-14,17H2,1-2H3,(H,28,30)(H,29,31). The quantitative estimate of drug-likeness (QED) is 0.352. The van der Waals surface area contributed by atoms with Crippen molar-refractivity contribution in [1.29, 1.82) is 0 Å². The topological polar surface area (TPSA) is 117 Å². The molecule has 4 N–H and O–H groups in total. The molecule has 0 radical (unpaired) electrons. The summed E-state index contributed by atoms with van der Waals surface area (Å²) in [5, 5.41) is 24.0.